The van der Waals surface area contributed by atoms with Crippen LogP contribution in [0.5, 0.6) is 0 Å². The number of thioether (sulfide) groups is 2. The van der Waals surface area contributed by atoms with Crippen LogP contribution in [0, 0.1) is 0 Å². The van der Waals surface area contributed by atoms with Gasteiger partial charge in [-0.3, -0.25) is 19.5 Å². The van der Waals surface area contributed by atoms with Gasteiger partial charge in [0.1, 0.15) is 18.8 Å². The average Bonchev–Trinajstić information content (AvgIpc) is 3.32. The summed E-state index contributed by atoms with van der Waals surface area (Å²) in [6, 6.07) is 0.398. The molecule has 1 fully saturated rings. The number of pyridine rings is 1. The van der Waals surface area contributed by atoms with Crippen LogP contribution in [0.3, 0.4) is 0 Å². The lowest BCUT2D eigenvalue weighted by Gasteiger charge is -2.50. The summed E-state index contributed by atoms with van der Waals surface area (Å²) in [4.78, 5) is 53.7. The number of hydrogen-bond donors (Lipinski definition) is 4. The predicted molar refractivity (Wildman–Crippen MR) is 140 cm³/mol. The zero-order chi connectivity index (χ0) is 26.5. The number of rotatable bonds is 11. The zero-order valence-electron chi connectivity index (χ0n) is 19.6. The number of fused-ring (bicyclic) bond motifs is 1. The number of β-lactam (4-membered cyclic amide) rings is 1. The molecule has 2 aliphatic rings. The normalized spacial score (nSPS) is 19.4. The highest BCUT2D eigenvalue weighted by Gasteiger charge is 2.54. The second-order valence-electron chi connectivity index (χ2n) is 7.85. The van der Waals surface area contributed by atoms with Gasteiger partial charge >= 0.3 is 5.97 Å². The van der Waals surface area contributed by atoms with Gasteiger partial charge in [-0.1, -0.05) is 16.9 Å². The molecule has 0 aromatic carbocycles. The van der Waals surface area contributed by atoms with Gasteiger partial charge in [0.25, 0.3) is 11.8 Å². The Morgan fingerprint density at radius 2 is 2.24 bits per heavy atom. The van der Waals surface area contributed by atoms with Crippen molar-refractivity contribution in [2.24, 2.45) is 10.9 Å². The number of hydrogen-bond acceptors (Lipinski definition) is 13. The molecule has 196 valence electrons. The lowest BCUT2D eigenvalue weighted by molar-refractivity contribution is -0.155. The summed E-state index contributed by atoms with van der Waals surface area (Å²) in [5.74, 6) is -1.01. The SMILES string of the molecule is CON=C(C(=O)NC1C(=O)N2C(C(=O)O)=C(Sc3ccncc3CSCCN)CCC12)c1nsc(N)n1. The number of carboxylic acid groups (broad SMARTS) is 1. The van der Waals surface area contributed by atoms with Crippen LogP contribution in [-0.2, 0) is 25.0 Å². The minimum Gasteiger partial charge on any atom is -0.477 e. The van der Waals surface area contributed by atoms with Crippen molar-refractivity contribution in [2.75, 3.05) is 25.1 Å². The first-order chi connectivity index (χ1) is 17.8. The molecular formula is C21H24N8O5S3. The Bertz CT molecular complexity index is 1270. The third-order valence-corrected chi connectivity index (χ3v) is 8.39. The maximum Gasteiger partial charge on any atom is 0.353 e. The van der Waals surface area contributed by atoms with Gasteiger partial charge in [0.2, 0.25) is 11.5 Å². The van der Waals surface area contributed by atoms with Crippen LogP contribution < -0.4 is 16.8 Å². The van der Waals surface area contributed by atoms with E-state index in [4.69, 9.17) is 16.3 Å². The van der Waals surface area contributed by atoms with Crippen LogP contribution in [0.15, 0.2) is 39.1 Å². The van der Waals surface area contributed by atoms with Crippen LogP contribution in [0.1, 0.15) is 24.2 Å². The number of carboxylic acids is 1. The highest BCUT2D eigenvalue weighted by atomic mass is 32.2. The maximum absolute atomic E-state index is 13.1. The Morgan fingerprint density at radius 3 is 2.92 bits per heavy atom. The third-order valence-electron chi connectivity index (χ3n) is 5.54. The summed E-state index contributed by atoms with van der Waals surface area (Å²) in [5.41, 5.74) is 11.8. The summed E-state index contributed by atoms with van der Waals surface area (Å²) in [6.07, 6.45) is 4.30. The predicted octanol–water partition coefficient (Wildman–Crippen LogP) is 0.636. The van der Waals surface area contributed by atoms with Crippen LogP contribution >= 0.6 is 35.1 Å². The summed E-state index contributed by atoms with van der Waals surface area (Å²) >= 11 is 3.87. The quantitative estimate of drug-likeness (QED) is 0.129. The van der Waals surface area contributed by atoms with Crippen molar-refractivity contribution in [3.8, 4) is 0 Å². The molecule has 4 rings (SSSR count). The molecule has 16 heteroatoms. The minimum atomic E-state index is -1.21. The molecule has 0 spiro atoms. The van der Waals surface area contributed by atoms with Gasteiger partial charge in [0.05, 0.1) is 6.04 Å². The molecule has 0 radical (unpaired) electrons. The van der Waals surface area contributed by atoms with Gasteiger partial charge in [-0.05, 0) is 24.5 Å². The van der Waals surface area contributed by atoms with Crippen LogP contribution in [0.25, 0.3) is 0 Å². The standard InChI is InChI=1S/C21H24N8O5S3/c1-34-27-15(17-26-21(23)37-28-17)18(30)25-14-11-2-3-13(16(20(32)33)29(11)19(14)31)36-12-4-6-24-8-10(12)9-35-7-5-22/h4,6,8,11,14H,2-3,5,7,9,22H2,1H3,(H,25,30)(H,32,33)(H2,23,26,28). The molecule has 2 atom stereocenters. The Hall–Kier alpha value is -3.21. The Morgan fingerprint density at radius 1 is 1.43 bits per heavy atom. The van der Waals surface area contributed by atoms with Gasteiger partial charge in [0, 0.05) is 51.8 Å². The van der Waals surface area contributed by atoms with Crippen molar-refractivity contribution in [1.82, 2.24) is 24.6 Å². The first-order valence-electron chi connectivity index (χ1n) is 11.0. The number of nitrogens with zero attached hydrogens (tertiary/aromatic N) is 5. The number of nitrogens with two attached hydrogens (primary N) is 2. The summed E-state index contributed by atoms with van der Waals surface area (Å²) in [5, 5.41) is 16.4. The van der Waals surface area contributed by atoms with E-state index in [2.05, 4.69) is 24.8 Å². The Kier molecular flexibility index (Phi) is 8.63. The van der Waals surface area contributed by atoms with Gasteiger partial charge in [-0.25, -0.2) is 4.79 Å². The summed E-state index contributed by atoms with van der Waals surface area (Å²) < 4.78 is 3.96. The number of aromatic nitrogens is 3. The molecule has 0 bridgehead atoms. The van der Waals surface area contributed by atoms with E-state index in [1.54, 1.807) is 24.2 Å². The lowest BCUT2D eigenvalue weighted by atomic mass is 9.86. The second-order valence-corrected chi connectivity index (χ2v) is 10.9. The number of carbonyl (C=O) groups is 3. The molecule has 37 heavy (non-hydrogen) atoms. The monoisotopic (exact) mass is 564 g/mol. The number of nitrogens with one attached hydrogen (secondary N) is 1. The van der Waals surface area contributed by atoms with Crippen LogP contribution in [0.4, 0.5) is 5.13 Å². The first-order valence-corrected chi connectivity index (χ1v) is 13.8. The fraction of sp³-hybridized carbons (Fsp3) is 0.381. The molecule has 0 aliphatic carbocycles. The van der Waals surface area contributed by atoms with Gasteiger partial charge in [-0.15, -0.1) is 0 Å². The highest BCUT2D eigenvalue weighted by molar-refractivity contribution is 8.03. The van der Waals surface area contributed by atoms with E-state index in [0.29, 0.717) is 30.0 Å². The second kappa shape index (κ2) is 11.9. The van der Waals surface area contributed by atoms with E-state index in [1.807, 2.05) is 6.07 Å². The molecule has 6 N–H and O–H groups in total. The van der Waals surface area contributed by atoms with E-state index in [-0.39, 0.29) is 22.4 Å². The number of oxime groups is 1. The smallest absolute Gasteiger partial charge is 0.353 e. The number of nitrogen functional groups attached to an aromatic ring is 1. The van der Waals surface area contributed by atoms with Crippen molar-refractivity contribution >= 4 is 63.7 Å². The molecule has 2 aromatic rings. The van der Waals surface area contributed by atoms with Crippen LogP contribution in [0.2, 0.25) is 0 Å². The third kappa shape index (κ3) is 5.71. The van der Waals surface area contributed by atoms with E-state index in [1.165, 1.54) is 23.8 Å². The highest BCUT2D eigenvalue weighted by Crippen LogP contribution is 2.44. The molecule has 0 saturated carbocycles. The Balaban J connectivity index is 1.52. The van der Waals surface area contributed by atoms with Crippen LogP contribution in [-0.4, -0.2) is 79.3 Å². The summed E-state index contributed by atoms with van der Waals surface area (Å²) in [7, 11) is 1.26. The van der Waals surface area contributed by atoms with E-state index < -0.39 is 29.9 Å². The van der Waals surface area contributed by atoms with Gasteiger partial charge < -0.3 is 26.7 Å². The van der Waals surface area contributed by atoms with E-state index >= 15 is 0 Å². The largest absolute Gasteiger partial charge is 0.477 e. The van der Waals surface area contributed by atoms with Crippen molar-refractivity contribution in [2.45, 2.75) is 35.6 Å². The van der Waals surface area contributed by atoms with E-state index in [0.717, 1.165) is 27.7 Å². The minimum absolute atomic E-state index is 0.0308. The van der Waals surface area contributed by atoms with Crippen molar-refractivity contribution in [3.05, 3.63) is 40.5 Å². The molecular weight excluding hydrogens is 540 g/mol. The number of carbonyl (C=O) groups excluding carboxylic acids is 2. The molecule has 2 amide bonds. The number of anilines is 1. The molecule has 1 saturated heterocycles. The van der Waals surface area contributed by atoms with Gasteiger partial charge in [-0.2, -0.15) is 21.1 Å². The number of aliphatic carboxylic acids is 1. The Labute approximate surface area is 224 Å². The molecule has 4 heterocycles. The fourth-order valence-electron chi connectivity index (χ4n) is 3.96. The lowest BCUT2D eigenvalue weighted by Crippen LogP contribution is -2.72. The average molecular weight is 565 g/mol. The van der Waals surface area contributed by atoms with Crippen molar-refractivity contribution < 1.29 is 24.3 Å². The number of allylic oxidation sites excluding steroid dienone is 1. The van der Waals surface area contributed by atoms with Gasteiger partial charge in [0.15, 0.2) is 5.13 Å². The maximum atomic E-state index is 13.1. The topological polar surface area (TPSA) is 199 Å². The van der Waals surface area contributed by atoms with E-state index in [9.17, 15) is 19.5 Å². The molecule has 2 unspecified atom stereocenters. The first kappa shape index (κ1) is 26.8. The molecule has 13 nitrogen and oxygen atoms in total. The molecule has 2 aliphatic heterocycles. The fourth-order valence-corrected chi connectivity index (χ4v) is 6.40. The van der Waals surface area contributed by atoms with Crippen molar-refractivity contribution in [3.63, 3.8) is 0 Å². The van der Waals surface area contributed by atoms with Crippen molar-refractivity contribution in [1.29, 1.82) is 0 Å². The molecule has 2 aromatic heterocycles. The zero-order valence-corrected chi connectivity index (χ0v) is 22.1. The number of amides is 2. The summed E-state index contributed by atoms with van der Waals surface area (Å²) in [6.45, 7) is 0.561.